The zero-order chi connectivity index (χ0) is 17.9. The molecule has 0 spiro atoms. The lowest BCUT2D eigenvalue weighted by Crippen LogP contribution is -2.58. The van der Waals surface area contributed by atoms with Crippen molar-refractivity contribution in [3.05, 3.63) is 0 Å². The molecule has 0 N–H and O–H groups in total. The van der Waals surface area contributed by atoms with Crippen LogP contribution < -0.4 is 0 Å². The monoisotopic (exact) mass is 338 g/mol. The standard InChI is InChI=1S/C19H34N2O3/c1-6-8-17(22)13-21-14-9-7-10-15(21)12-16(11-14)20(5)18(23)24-19(2,3)4/h14-16H,6-13H2,1-5H3/t14-,15+,16?. The minimum atomic E-state index is -0.464. The predicted octanol–water partition coefficient (Wildman–Crippen LogP) is 3.61. The molecule has 0 aliphatic carbocycles. The van der Waals surface area contributed by atoms with Gasteiger partial charge in [0.25, 0.3) is 0 Å². The van der Waals surface area contributed by atoms with Crippen molar-refractivity contribution in [1.29, 1.82) is 0 Å². The van der Waals surface area contributed by atoms with Crippen molar-refractivity contribution in [3.63, 3.8) is 0 Å². The molecule has 1 amide bonds. The molecule has 138 valence electrons. The molecule has 1 unspecified atom stereocenters. The minimum Gasteiger partial charge on any atom is -0.444 e. The molecule has 0 aromatic carbocycles. The molecule has 2 bridgehead atoms. The average Bonchev–Trinajstić information content (AvgIpc) is 2.44. The number of amides is 1. The molecular formula is C19H34N2O3. The maximum atomic E-state index is 12.4. The highest BCUT2D eigenvalue weighted by Gasteiger charge is 2.41. The van der Waals surface area contributed by atoms with Crippen LogP contribution in [0, 0.1) is 0 Å². The van der Waals surface area contributed by atoms with Gasteiger partial charge < -0.3 is 9.64 Å². The Morgan fingerprint density at radius 3 is 2.25 bits per heavy atom. The Morgan fingerprint density at radius 2 is 1.75 bits per heavy atom. The summed E-state index contributed by atoms with van der Waals surface area (Å²) in [5.41, 5.74) is -0.464. The predicted molar refractivity (Wildman–Crippen MR) is 95.1 cm³/mol. The lowest BCUT2D eigenvalue weighted by Gasteiger charge is -2.50. The van der Waals surface area contributed by atoms with Gasteiger partial charge in [-0.2, -0.15) is 0 Å². The van der Waals surface area contributed by atoms with E-state index in [-0.39, 0.29) is 12.1 Å². The Labute approximate surface area is 146 Å². The van der Waals surface area contributed by atoms with Crippen LogP contribution >= 0.6 is 0 Å². The normalized spacial score (nSPS) is 27.6. The van der Waals surface area contributed by atoms with E-state index in [2.05, 4.69) is 11.8 Å². The molecule has 3 atom stereocenters. The lowest BCUT2D eigenvalue weighted by atomic mass is 9.81. The number of fused-ring (bicyclic) bond motifs is 2. The number of rotatable bonds is 5. The molecular weight excluding hydrogens is 304 g/mol. The largest absolute Gasteiger partial charge is 0.444 e. The number of carbonyl (C=O) groups excluding carboxylic acids is 2. The number of nitrogens with zero attached hydrogens (tertiary/aromatic N) is 2. The summed E-state index contributed by atoms with van der Waals surface area (Å²) in [5.74, 6) is 0.355. The van der Waals surface area contributed by atoms with E-state index in [0.29, 0.717) is 30.8 Å². The van der Waals surface area contributed by atoms with Gasteiger partial charge in [0.05, 0.1) is 6.54 Å². The van der Waals surface area contributed by atoms with Crippen molar-refractivity contribution < 1.29 is 14.3 Å². The molecule has 5 heteroatoms. The lowest BCUT2D eigenvalue weighted by molar-refractivity contribution is -0.123. The van der Waals surface area contributed by atoms with Crippen LogP contribution in [0.5, 0.6) is 0 Å². The van der Waals surface area contributed by atoms with E-state index < -0.39 is 5.60 Å². The molecule has 0 saturated carbocycles. The molecule has 2 saturated heterocycles. The van der Waals surface area contributed by atoms with E-state index in [1.165, 1.54) is 6.42 Å². The molecule has 2 aliphatic rings. The van der Waals surface area contributed by atoms with E-state index in [9.17, 15) is 9.59 Å². The highest BCUT2D eigenvalue weighted by atomic mass is 16.6. The smallest absolute Gasteiger partial charge is 0.410 e. The maximum Gasteiger partial charge on any atom is 0.410 e. The van der Waals surface area contributed by atoms with Gasteiger partial charge in [0.2, 0.25) is 0 Å². The number of hydrogen-bond acceptors (Lipinski definition) is 4. The fourth-order valence-corrected chi connectivity index (χ4v) is 4.07. The first-order valence-corrected chi connectivity index (χ1v) is 9.44. The van der Waals surface area contributed by atoms with Crippen molar-refractivity contribution in [1.82, 2.24) is 9.80 Å². The molecule has 24 heavy (non-hydrogen) atoms. The van der Waals surface area contributed by atoms with Gasteiger partial charge in [0, 0.05) is 31.6 Å². The Morgan fingerprint density at radius 1 is 1.17 bits per heavy atom. The quantitative estimate of drug-likeness (QED) is 0.768. The molecule has 2 rings (SSSR count). The topological polar surface area (TPSA) is 49.9 Å². The first-order valence-electron chi connectivity index (χ1n) is 9.44. The van der Waals surface area contributed by atoms with Gasteiger partial charge in [-0.25, -0.2) is 4.79 Å². The highest BCUT2D eigenvalue weighted by Crippen LogP contribution is 2.36. The summed E-state index contributed by atoms with van der Waals surface area (Å²) in [4.78, 5) is 28.7. The SMILES string of the molecule is CCCC(=O)CN1[C@@H]2CCC[C@H]1CC(N(C)C(=O)OC(C)(C)C)C2. The van der Waals surface area contributed by atoms with Crippen LogP contribution in [-0.4, -0.2) is 59.0 Å². The van der Waals surface area contributed by atoms with E-state index >= 15 is 0 Å². The molecule has 0 aromatic heterocycles. The summed E-state index contributed by atoms with van der Waals surface area (Å²) in [5, 5.41) is 0. The zero-order valence-corrected chi connectivity index (χ0v) is 16.0. The van der Waals surface area contributed by atoms with Crippen LogP contribution in [0.25, 0.3) is 0 Å². The van der Waals surface area contributed by atoms with Gasteiger partial charge in [0.1, 0.15) is 11.4 Å². The summed E-state index contributed by atoms with van der Waals surface area (Å²) in [6.07, 6.45) is 6.77. The van der Waals surface area contributed by atoms with Gasteiger partial charge in [-0.05, 0) is 52.9 Å². The first-order chi connectivity index (χ1) is 11.2. The van der Waals surface area contributed by atoms with Crippen LogP contribution in [0.3, 0.4) is 0 Å². The van der Waals surface area contributed by atoms with Gasteiger partial charge in [0.15, 0.2) is 0 Å². The third-order valence-electron chi connectivity index (χ3n) is 5.22. The second kappa shape index (κ2) is 7.85. The molecule has 2 heterocycles. The molecule has 0 radical (unpaired) electrons. The van der Waals surface area contributed by atoms with Crippen LogP contribution in [0.4, 0.5) is 4.79 Å². The molecule has 2 fully saturated rings. The summed E-state index contributed by atoms with van der Waals surface area (Å²) >= 11 is 0. The Bertz CT molecular complexity index is 444. The third-order valence-corrected chi connectivity index (χ3v) is 5.22. The number of ketones is 1. The number of Topliss-reactive ketones (excluding diaryl/α,β-unsaturated/α-hetero) is 1. The minimum absolute atomic E-state index is 0.215. The zero-order valence-electron chi connectivity index (χ0n) is 16.0. The third kappa shape index (κ3) is 4.95. The Hall–Kier alpha value is -1.10. The van der Waals surface area contributed by atoms with Crippen molar-refractivity contribution >= 4 is 11.9 Å². The van der Waals surface area contributed by atoms with Gasteiger partial charge in [-0.1, -0.05) is 13.3 Å². The second-order valence-electron chi connectivity index (χ2n) is 8.42. The van der Waals surface area contributed by atoms with Crippen molar-refractivity contribution in [2.75, 3.05) is 13.6 Å². The van der Waals surface area contributed by atoms with Crippen LogP contribution in [0.15, 0.2) is 0 Å². The number of ether oxygens (including phenoxy) is 1. The number of hydrogen-bond donors (Lipinski definition) is 0. The van der Waals surface area contributed by atoms with Crippen LogP contribution in [0.1, 0.15) is 72.6 Å². The highest BCUT2D eigenvalue weighted by molar-refractivity contribution is 5.80. The van der Waals surface area contributed by atoms with E-state index in [1.807, 2.05) is 27.8 Å². The van der Waals surface area contributed by atoms with Gasteiger partial charge >= 0.3 is 6.09 Å². The fourth-order valence-electron chi connectivity index (χ4n) is 4.07. The van der Waals surface area contributed by atoms with Crippen molar-refractivity contribution in [3.8, 4) is 0 Å². The molecule has 5 nitrogen and oxygen atoms in total. The van der Waals surface area contributed by atoms with Crippen LogP contribution in [-0.2, 0) is 9.53 Å². The Kier molecular flexibility index (Phi) is 6.29. The summed E-state index contributed by atoms with van der Waals surface area (Å²) in [6.45, 7) is 8.34. The Balaban J connectivity index is 1.98. The average molecular weight is 338 g/mol. The van der Waals surface area contributed by atoms with Crippen LogP contribution in [0.2, 0.25) is 0 Å². The van der Waals surface area contributed by atoms with Crippen molar-refractivity contribution in [2.24, 2.45) is 0 Å². The first kappa shape index (κ1) is 19.2. The van der Waals surface area contributed by atoms with E-state index in [1.54, 1.807) is 4.90 Å². The fraction of sp³-hybridized carbons (Fsp3) is 0.895. The summed E-state index contributed by atoms with van der Waals surface area (Å²) < 4.78 is 5.52. The number of piperidine rings is 2. The van der Waals surface area contributed by atoms with Gasteiger partial charge in [-0.3, -0.25) is 9.69 Å². The van der Waals surface area contributed by atoms with Crippen molar-refractivity contribution in [2.45, 2.75) is 96.4 Å². The summed E-state index contributed by atoms with van der Waals surface area (Å²) in [7, 11) is 1.85. The number of carbonyl (C=O) groups is 2. The van der Waals surface area contributed by atoms with E-state index in [4.69, 9.17) is 4.74 Å². The second-order valence-corrected chi connectivity index (χ2v) is 8.42. The van der Waals surface area contributed by atoms with E-state index in [0.717, 1.165) is 32.1 Å². The molecule has 2 aliphatic heterocycles. The molecule has 0 aromatic rings. The summed E-state index contributed by atoms with van der Waals surface area (Å²) in [6, 6.07) is 1.06. The maximum absolute atomic E-state index is 12.4. The van der Waals surface area contributed by atoms with Gasteiger partial charge in [-0.15, -0.1) is 0 Å².